The van der Waals surface area contributed by atoms with Crippen molar-refractivity contribution >= 4 is 40.1 Å². The molecule has 3 heterocycles. The van der Waals surface area contributed by atoms with Gasteiger partial charge >= 0.3 is 5.97 Å². The number of allylic oxidation sites excluding steroid dienone is 1. The van der Waals surface area contributed by atoms with Crippen LogP contribution in [0.3, 0.4) is 0 Å². The quantitative estimate of drug-likeness (QED) is 0.300. The fraction of sp³-hybridized carbons (Fsp3) is 0.316. The van der Waals surface area contributed by atoms with Crippen LogP contribution in [0.15, 0.2) is 34.6 Å². The standard InChI is InChI=1S/C19H21N5O4S2/c1-5-8-24-16(13-7-9-28-12(13)4)22-23-19(24)29-10-14(25)21-18-20-11(3)15(30-18)17(26)27-6-2/h5,7,9H,1,6,8,10H2,2-4H3,(H,20,21,25). The number of aryl methyl sites for hydroxylation is 2. The summed E-state index contributed by atoms with van der Waals surface area (Å²) in [7, 11) is 0. The van der Waals surface area contributed by atoms with E-state index >= 15 is 0 Å². The van der Waals surface area contributed by atoms with Crippen LogP contribution in [0.25, 0.3) is 11.4 Å². The summed E-state index contributed by atoms with van der Waals surface area (Å²) in [5.41, 5.74) is 1.36. The van der Waals surface area contributed by atoms with Crippen molar-refractivity contribution in [3.63, 3.8) is 0 Å². The lowest BCUT2D eigenvalue weighted by Gasteiger charge is -2.07. The second-order valence-corrected chi connectivity index (χ2v) is 8.03. The number of esters is 1. The number of amides is 1. The van der Waals surface area contributed by atoms with Gasteiger partial charge in [0, 0.05) is 6.54 Å². The largest absolute Gasteiger partial charge is 0.469 e. The highest BCUT2D eigenvalue weighted by Gasteiger charge is 2.20. The molecule has 0 aliphatic heterocycles. The van der Waals surface area contributed by atoms with Gasteiger partial charge in [0.2, 0.25) is 5.91 Å². The van der Waals surface area contributed by atoms with Gasteiger partial charge in [0.1, 0.15) is 10.6 Å². The summed E-state index contributed by atoms with van der Waals surface area (Å²) in [6.45, 7) is 9.83. The van der Waals surface area contributed by atoms with Gasteiger partial charge in [-0.3, -0.25) is 9.36 Å². The molecule has 9 nitrogen and oxygen atoms in total. The first-order chi connectivity index (χ1) is 14.4. The van der Waals surface area contributed by atoms with Crippen molar-refractivity contribution in [2.45, 2.75) is 32.5 Å². The normalized spacial score (nSPS) is 10.8. The number of nitrogens with zero attached hydrogens (tertiary/aromatic N) is 4. The molecule has 0 unspecified atom stereocenters. The van der Waals surface area contributed by atoms with Crippen molar-refractivity contribution in [3.8, 4) is 11.4 Å². The summed E-state index contributed by atoms with van der Waals surface area (Å²) >= 11 is 2.34. The van der Waals surface area contributed by atoms with Crippen LogP contribution in [-0.2, 0) is 16.1 Å². The minimum Gasteiger partial charge on any atom is -0.469 e. The summed E-state index contributed by atoms with van der Waals surface area (Å²) in [5.74, 6) is 0.782. The Morgan fingerprint density at radius 3 is 2.87 bits per heavy atom. The van der Waals surface area contributed by atoms with E-state index in [1.807, 2.05) is 17.6 Å². The van der Waals surface area contributed by atoms with Gasteiger partial charge in [-0.2, -0.15) is 0 Å². The van der Waals surface area contributed by atoms with E-state index in [-0.39, 0.29) is 18.3 Å². The van der Waals surface area contributed by atoms with E-state index in [1.165, 1.54) is 11.8 Å². The molecule has 0 spiro atoms. The zero-order chi connectivity index (χ0) is 21.7. The highest BCUT2D eigenvalue weighted by atomic mass is 32.2. The van der Waals surface area contributed by atoms with E-state index in [9.17, 15) is 9.59 Å². The highest BCUT2D eigenvalue weighted by Crippen LogP contribution is 2.28. The summed E-state index contributed by atoms with van der Waals surface area (Å²) < 4.78 is 12.2. The molecule has 3 aromatic heterocycles. The molecule has 3 aromatic rings. The van der Waals surface area contributed by atoms with E-state index in [4.69, 9.17) is 9.15 Å². The van der Waals surface area contributed by atoms with Gasteiger partial charge in [0.05, 0.1) is 29.9 Å². The lowest BCUT2D eigenvalue weighted by molar-refractivity contribution is -0.113. The third kappa shape index (κ3) is 4.79. The van der Waals surface area contributed by atoms with Gasteiger partial charge in [0.25, 0.3) is 0 Å². The molecule has 0 saturated heterocycles. The van der Waals surface area contributed by atoms with Crippen LogP contribution in [-0.4, -0.2) is 44.0 Å². The number of aromatic nitrogens is 4. The maximum atomic E-state index is 12.4. The Balaban J connectivity index is 1.67. The van der Waals surface area contributed by atoms with Crippen molar-refractivity contribution in [1.29, 1.82) is 0 Å². The fourth-order valence-corrected chi connectivity index (χ4v) is 4.25. The molecule has 0 aliphatic carbocycles. The minimum absolute atomic E-state index is 0.104. The molecule has 158 valence electrons. The van der Waals surface area contributed by atoms with Crippen LogP contribution >= 0.6 is 23.1 Å². The van der Waals surface area contributed by atoms with Crippen LogP contribution < -0.4 is 5.32 Å². The number of thiazole rings is 1. The smallest absolute Gasteiger partial charge is 0.350 e. The Kier molecular flexibility index (Phi) is 7.06. The number of nitrogens with one attached hydrogen (secondary N) is 1. The Morgan fingerprint density at radius 2 is 2.20 bits per heavy atom. The van der Waals surface area contributed by atoms with E-state index < -0.39 is 5.97 Å². The molecule has 0 radical (unpaired) electrons. The number of ether oxygens (including phenoxy) is 1. The molecule has 0 fully saturated rings. The zero-order valence-corrected chi connectivity index (χ0v) is 18.4. The summed E-state index contributed by atoms with van der Waals surface area (Å²) in [6.07, 6.45) is 3.33. The lowest BCUT2D eigenvalue weighted by atomic mass is 10.2. The fourth-order valence-electron chi connectivity index (χ4n) is 2.63. The first-order valence-corrected chi connectivity index (χ1v) is 10.9. The van der Waals surface area contributed by atoms with Gasteiger partial charge in [0.15, 0.2) is 16.1 Å². The molecule has 11 heteroatoms. The second-order valence-electron chi connectivity index (χ2n) is 6.09. The van der Waals surface area contributed by atoms with Crippen molar-refractivity contribution in [1.82, 2.24) is 19.7 Å². The average molecular weight is 448 g/mol. The van der Waals surface area contributed by atoms with E-state index in [2.05, 4.69) is 27.1 Å². The molecule has 30 heavy (non-hydrogen) atoms. The zero-order valence-electron chi connectivity index (χ0n) is 16.8. The number of rotatable bonds is 9. The molecule has 0 saturated carbocycles. The Bertz CT molecular complexity index is 1070. The number of hydrogen-bond donors (Lipinski definition) is 1. The first kappa shape index (κ1) is 21.8. The number of carbonyl (C=O) groups excluding carboxylic acids is 2. The molecular formula is C19H21N5O4S2. The predicted octanol–water partition coefficient (Wildman–Crippen LogP) is 3.70. The topological polar surface area (TPSA) is 112 Å². The number of hydrogen-bond acceptors (Lipinski definition) is 9. The first-order valence-electron chi connectivity index (χ1n) is 9.10. The molecule has 0 aromatic carbocycles. The van der Waals surface area contributed by atoms with Gasteiger partial charge in [-0.15, -0.1) is 16.8 Å². The Labute approximate surface area is 181 Å². The monoisotopic (exact) mass is 447 g/mol. The molecule has 0 bridgehead atoms. The van der Waals surface area contributed by atoms with Crippen LogP contribution in [0.5, 0.6) is 0 Å². The van der Waals surface area contributed by atoms with Crippen molar-refractivity contribution in [3.05, 3.63) is 41.3 Å². The predicted molar refractivity (Wildman–Crippen MR) is 115 cm³/mol. The average Bonchev–Trinajstić information content (AvgIpc) is 3.39. The molecule has 0 atom stereocenters. The van der Waals surface area contributed by atoms with Crippen molar-refractivity contribution in [2.75, 3.05) is 17.7 Å². The van der Waals surface area contributed by atoms with Gasteiger partial charge in [-0.05, 0) is 26.8 Å². The van der Waals surface area contributed by atoms with Crippen molar-refractivity contribution < 1.29 is 18.7 Å². The molecule has 1 amide bonds. The van der Waals surface area contributed by atoms with Crippen molar-refractivity contribution in [2.24, 2.45) is 0 Å². The van der Waals surface area contributed by atoms with Gasteiger partial charge in [-0.1, -0.05) is 29.2 Å². The summed E-state index contributed by atoms with van der Waals surface area (Å²) in [5, 5.41) is 12.1. The number of anilines is 1. The maximum Gasteiger partial charge on any atom is 0.350 e. The Morgan fingerprint density at radius 1 is 1.40 bits per heavy atom. The molecular weight excluding hydrogens is 426 g/mol. The van der Waals surface area contributed by atoms with Crippen LogP contribution in [0.1, 0.15) is 28.0 Å². The third-order valence-corrected chi connectivity index (χ3v) is 5.98. The minimum atomic E-state index is -0.443. The number of furan rings is 1. The number of thioether (sulfide) groups is 1. The van der Waals surface area contributed by atoms with Crippen LogP contribution in [0, 0.1) is 13.8 Å². The van der Waals surface area contributed by atoms with Crippen LogP contribution in [0.2, 0.25) is 0 Å². The SMILES string of the molecule is C=CCn1c(SCC(=O)Nc2nc(C)c(C(=O)OCC)s2)nnc1-c1ccoc1C. The Hall–Kier alpha value is -2.92. The third-order valence-electron chi connectivity index (χ3n) is 3.96. The number of carbonyl (C=O) groups is 2. The van der Waals surface area contributed by atoms with E-state index in [0.29, 0.717) is 33.2 Å². The summed E-state index contributed by atoms with van der Waals surface area (Å²) in [4.78, 5) is 28.9. The lowest BCUT2D eigenvalue weighted by Crippen LogP contribution is -2.14. The van der Waals surface area contributed by atoms with Gasteiger partial charge in [-0.25, -0.2) is 9.78 Å². The summed E-state index contributed by atoms with van der Waals surface area (Å²) in [6, 6.07) is 1.83. The van der Waals surface area contributed by atoms with E-state index in [0.717, 1.165) is 22.7 Å². The molecule has 0 aliphatic rings. The molecule has 1 N–H and O–H groups in total. The van der Waals surface area contributed by atoms with Crippen LogP contribution in [0.4, 0.5) is 5.13 Å². The van der Waals surface area contributed by atoms with Gasteiger partial charge < -0.3 is 14.5 Å². The molecule has 3 rings (SSSR count). The van der Waals surface area contributed by atoms with E-state index in [1.54, 1.807) is 26.2 Å². The highest BCUT2D eigenvalue weighted by molar-refractivity contribution is 7.99. The second kappa shape index (κ2) is 9.72. The maximum absolute atomic E-state index is 12.4.